The van der Waals surface area contributed by atoms with Gasteiger partial charge in [0.1, 0.15) is 5.75 Å². The number of aryl methyl sites for hydroxylation is 1. The molecule has 1 aliphatic rings. The molecule has 3 N–H and O–H groups in total. The maximum Gasteiger partial charge on any atom is 0.335 e. The third kappa shape index (κ3) is 5.69. The van der Waals surface area contributed by atoms with E-state index in [4.69, 9.17) is 4.74 Å². The number of likely N-dealkylation sites (tertiary alicyclic amines) is 1. The Balaban J connectivity index is 1.18. The van der Waals surface area contributed by atoms with Gasteiger partial charge in [-0.1, -0.05) is 30.3 Å². The minimum absolute atomic E-state index is 0.338. The Kier molecular flexibility index (Phi) is 7.18. The van der Waals surface area contributed by atoms with Crippen molar-refractivity contribution in [1.29, 1.82) is 0 Å². The average Bonchev–Trinajstić information content (AvgIpc) is 3.34. The van der Waals surface area contributed by atoms with E-state index in [1.165, 1.54) is 5.56 Å². The van der Waals surface area contributed by atoms with Gasteiger partial charge >= 0.3 is 5.97 Å². The van der Waals surface area contributed by atoms with Gasteiger partial charge in [0, 0.05) is 36.6 Å². The summed E-state index contributed by atoms with van der Waals surface area (Å²) in [6.45, 7) is 5.42. The molecule has 1 fully saturated rings. The number of rotatable bonds is 9. The van der Waals surface area contributed by atoms with Crippen LogP contribution in [0.3, 0.4) is 0 Å². The van der Waals surface area contributed by atoms with Gasteiger partial charge in [0.25, 0.3) is 0 Å². The number of carbonyl (C=O) groups is 1. The van der Waals surface area contributed by atoms with Crippen LogP contribution in [0.2, 0.25) is 0 Å². The lowest BCUT2D eigenvalue weighted by molar-refractivity contribution is 0.0695. The second-order valence-electron chi connectivity index (χ2n) is 9.55. The third-order valence-electron chi connectivity index (χ3n) is 6.85. The van der Waals surface area contributed by atoms with Crippen molar-refractivity contribution in [2.24, 2.45) is 0 Å². The number of aromatic carboxylic acids is 1. The van der Waals surface area contributed by atoms with Crippen LogP contribution in [0.15, 0.2) is 66.9 Å². The van der Waals surface area contributed by atoms with E-state index in [1.807, 2.05) is 25.3 Å². The largest absolute Gasteiger partial charge is 0.493 e. The molecule has 0 saturated carbocycles. The highest BCUT2D eigenvalue weighted by Crippen LogP contribution is 2.24. The highest BCUT2D eigenvalue weighted by molar-refractivity contribution is 5.89. The molecular weight excluding hydrogens is 452 g/mol. The number of fused-ring (bicyclic) bond motifs is 1. The molecule has 1 atom stereocenters. The number of anilines is 1. The summed E-state index contributed by atoms with van der Waals surface area (Å²) in [7, 11) is 0. The Morgan fingerprint density at radius 3 is 2.97 bits per heavy atom. The summed E-state index contributed by atoms with van der Waals surface area (Å²) in [6.07, 6.45) is 4.72. The predicted octanol–water partition coefficient (Wildman–Crippen LogP) is 5.27. The molecule has 1 aliphatic heterocycles. The molecule has 0 bridgehead atoms. The van der Waals surface area contributed by atoms with Gasteiger partial charge in [-0.15, -0.1) is 0 Å². The first-order chi connectivity index (χ1) is 17.5. The van der Waals surface area contributed by atoms with Crippen molar-refractivity contribution >= 4 is 22.6 Å². The number of carboxylic acids is 1. The lowest BCUT2D eigenvalue weighted by Crippen LogP contribution is -2.41. The molecule has 3 aromatic carbocycles. The number of piperidine rings is 1. The lowest BCUT2D eigenvalue weighted by Gasteiger charge is -2.33. The number of nitrogens with one attached hydrogen (secondary N) is 2. The highest BCUT2D eigenvalue weighted by Gasteiger charge is 2.20. The number of aromatic amines is 1. The quantitative estimate of drug-likeness (QED) is 0.300. The molecule has 2 heterocycles. The van der Waals surface area contributed by atoms with Crippen molar-refractivity contribution in [1.82, 2.24) is 15.1 Å². The van der Waals surface area contributed by atoms with E-state index in [2.05, 4.69) is 56.8 Å². The van der Waals surface area contributed by atoms with Gasteiger partial charge in [0.05, 0.1) is 23.9 Å². The van der Waals surface area contributed by atoms with Crippen LogP contribution < -0.4 is 10.1 Å². The summed E-state index contributed by atoms with van der Waals surface area (Å²) in [4.78, 5) is 14.0. The zero-order chi connectivity index (χ0) is 24.9. The third-order valence-corrected chi connectivity index (χ3v) is 6.85. The number of H-pyrrole nitrogens is 1. The SMILES string of the molecule is Cc1ccc(CN2CCC[C@@H](Nc3ccc4[nH]ncc4c3)C2)cc1OCCc1ccccc1C(=O)O. The van der Waals surface area contributed by atoms with Gasteiger partial charge in [-0.25, -0.2) is 4.79 Å². The summed E-state index contributed by atoms with van der Waals surface area (Å²) in [5.41, 5.74) is 5.61. The topological polar surface area (TPSA) is 90.5 Å². The monoisotopic (exact) mass is 484 g/mol. The molecule has 0 radical (unpaired) electrons. The molecule has 4 aromatic rings. The fraction of sp³-hybridized carbons (Fsp3) is 0.310. The van der Waals surface area contributed by atoms with E-state index in [0.29, 0.717) is 24.6 Å². The first-order valence-corrected chi connectivity index (χ1v) is 12.5. The van der Waals surface area contributed by atoms with Crippen LogP contribution in [-0.2, 0) is 13.0 Å². The van der Waals surface area contributed by atoms with Crippen LogP contribution in [0.5, 0.6) is 5.75 Å². The van der Waals surface area contributed by atoms with Crippen LogP contribution in [0.4, 0.5) is 5.69 Å². The summed E-state index contributed by atoms with van der Waals surface area (Å²) >= 11 is 0. The van der Waals surface area contributed by atoms with Crippen molar-refractivity contribution in [3.05, 3.63) is 89.1 Å². The Morgan fingerprint density at radius 2 is 2.08 bits per heavy atom. The number of nitrogens with zero attached hydrogens (tertiary/aromatic N) is 2. The molecule has 0 amide bonds. The van der Waals surface area contributed by atoms with Crippen molar-refractivity contribution in [2.45, 2.75) is 38.8 Å². The summed E-state index contributed by atoms with van der Waals surface area (Å²) in [5.74, 6) is -0.0412. The van der Waals surface area contributed by atoms with Crippen LogP contribution >= 0.6 is 0 Å². The van der Waals surface area contributed by atoms with E-state index in [0.717, 1.165) is 65.9 Å². The van der Waals surface area contributed by atoms with Gasteiger partial charge in [-0.3, -0.25) is 10.00 Å². The van der Waals surface area contributed by atoms with E-state index < -0.39 is 5.97 Å². The first-order valence-electron chi connectivity index (χ1n) is 12.5. The smallest absolute Gasteiger partial charge is 0.335 e. The molecule has 7 nitrogen and oxygen atoms in total. The number of aromatic nitrogens is 2. The Labute approximate surface area is 211 Å². The normalized spacial score (nSPS) is 16.2. The number of hydrogen-bond acceptors (Lipinski definition) is 5. The van der Waals surface area contributed by atoms with Crippen molar-refractivity contribution in [3.63, 3.8) is 0 Å². The van der Waals surface area contributed by atoms with Gasteiger partial charge in [-0.2, -0.15) is 5.10 Å². The Bertz CT molecular complexity index is 1350. The number of hydrogen-bond donors (Lipinski definition) is 3. The zero-order valence-electron chi connectivity index (χ0n) is 20.5. The minimum Gasteiger partial charge on any atom is -0.493 e. The van der Waals surface area contributed by atoms with Crippen molar-refractivity contribution in [3.8, 4) is 5.75 Å². The predicted molar refractivity (Wildman–Crippen MR) is 142 cm³/mol. The fourth-order valence-corrected chi connectivity index (χ4v) is 4.96. The fourth-order valence-electron chi connectivity index (χ4n) is 4.96. The van der Waals surface area contributed by atoms with Crippen LogP contribution in [-0.4, -0.2) is 51.9 Å². The lowest BCUT2D eigenvalue weighted by atomic mass is 10.0. The van der Waals surface area contributed by atoms with Crippen LogP contribution in [0.25, 0.3) is 10.9 Å². The molecule has 0 spiro atoms. The van der Waals surface area contributed by atoms with Crippen molar-refractivity contribution in [2.75, 3.05) is 25.0 Å². The van der Waals surface area contributed by atoms with Crippen LogP contribution in [0, 0.1) is 6.92 Å². The molecular formula is C29H32N4O3. The average molecular weight is 485 g/mol. The molecule has 0 aliphatic carbocycles. The Hall–Kier alpha value is -3.84. The molecule has 5 rings (SSSR count). The van der Waals surface area contributed by atoms with Crippen LogP contribution in [0.1, 0.15) is 39.9 Å². The second kappa shape index (κ2) is 10.8. The summed E-state index contributed by atoms with van der Waals surface area (Å²) < 4.78 is 6.10. The van der Waals surface area contributed by atoms with E-state index in [-0.39, 0.29) is 0 Å². The maximum absolute atomic E-state index is 11.5. The van der Waals surface area contributed by atoms with E-state index >= 15 is 0 Å². The molecule has 36 heavy (non-hydrogen) atoms. The molecule has 186 valence electrons. The minimum atomic E-state index is -0.903. The number of carboxylic acid groups (broad SMARTS) is 1. The first kappa shape index (κ1) is 23.9. The van der Waals surface area contributed by atoms with E-state index in [1.54, 1.807) is 12.1 Å². The molecule has 0 unspecified atom stereocenters. The van der Waals surface area contributed by atoms with Gasteiger partial charge in [-0.05, 0) is 73.3 Å². The maximum atomic E-state index is 11.5. The molecule has 1 saturated heterocycles. The highest BCUT2D eigenvalue weighted by atomic mass is 16.5. The van der Waals surface area contributed by atoms with Crippen molar-refractivity contribution < 1.29 is 14.6 Å². The van der Waals surface area contributed by atoms with Gasteiger partial charge in [0.15, 0.2) is 0 Å². The Morgan fingerprint density at radius 1 is 1.19 bits per heavy atom. The second-order valence-corrected chi connectivity index (χ2v) is 9.55. The molecule has 1 aromatic heterocycles. The molecule has 7 heteroatoms. The zero-order valence-corrected chi connectivity index (χ0v) is 20.5. The van der Waals surface area contributed by atoms with Gasteiger partial charge in [0.2, 0.25) is 0 Å². The van der Waals surface area contributed by atoms with Gasteiger partial charge < -0.3 is 15.2 Å². The summed E-state index contributed by atoms with van der Waals surface area (Å²) in [6, 6.07) is 20.2. The van der Waals surface area contributed by atoms with E-state index in [9.17, 15) is 9.90 Å². The standard InChI is InChI=1S/C29H32N4O3/c1-20-8-9-21(15-28(20)36-14-12-22-5-2-3-7-26(22)29(34)35)18-33-13-4-6-25(19-33)31-24-10-11-27-23(16-24)17-30-32-27/h2-3,5,7-11,15-17,25,31H,4,6,12-14,18-19H2,1H3,(H,30,32)(H,34,35)/t25-/m1/s1. The number of ether oxygens (including phenoxy) is 1. The number of benzene rings is 3. The summed E-state index contributed by atoms with van der Waals surface area (Å²) in [5, 5.41) is 21.3.